The van der Waals surface area contributed by atoms with Crippen molar-refractivity contribution in [2.75, 3.05) is 6.61 Å². The third kappa shape index (κ3) is 43.9. The number of carbonyl (C=O) groups excluding carboxylic acids is 2. The summed E-state index contributed by atoms with van der Waals surface area (Å²) in [7, 11) is 0. The topological polar surface area (TPSA) is 95.9 Å². The predicted octanol–water partition coefficient (Wildman–Crippen LogP) is 15.8. The van der Waals surface area contributed by atoms with Crippen molar-refractivity contribution < 1.29 is 24.5 Å². The lowest BCUT2D eigenvalue weighted by Gasteiger charge is -2.24. The van der Waals surface area contributed by atoms with Gasteiger partial charge in [0.2, 0.25) is 5.91 Å². The van der Waals surface area contributed by atoms with Crippen molar-refractivity contribution in [2.24, 2.45) is 0 Å². The molecule has 0 rings (SSSR count). The van der Waals surface area contributed by atoms with Crippen LogP contribution in [0.15, 0.2) is 72.9 Å². The van der Waals surface area contributed by atoms with Gasteiger partial charge in [-0.25, -0.2) is 0 Å². The molecule has 6 nitrogen and oxygen atoms in total. The van der Waals surface area contributed by atoms with Gasteiger partial charge in [-0.15, -0.1) is 0 Å². The van der Waals surface area contributed by atoms with E-state index in [-0.39, 0.29) is 24.9 Å². The molecule has 0 aromatic rings. The van der Waals surface area contributed by atoms with E-state index in [4.69, 9.17) is 4.74 Å². The lowest BCUT2D eigenvalue weighted by Crippen LogP contribution is -2.46. The van der Waals surface area contributed by atoms with Gasteiger partial charge in [-0.05, 0) is 77.0 Å². The molecule has 358 valence electrons. The number of esters is 1. The van der Waals surface area contributed by atoms with Gasteiger partial charge in [0.15, 0.2) is 0 Å². The Bertz CT molecular complexity index is 1150. The van der Waals surface area contributed by atoms with E-state index in [0.717, 1.165) is 89.9 Å². The van der Waals surface area contributed by atoms with Crippen LogP contribution in [0.4, 0.5) is 0 Å². The first-order valence-corrected chi connectivity index (χ1v) is 26.2. The molecule has 0 aromatic heterocycles. The number of unbranched alkanes of at least 4 members (excludes halogenated alkanes) is 26. The average Bonchev–Trinajstić information content (AvgIpc) is 3.26. The van der Waals surface area contributed by atoms with Crippen molar-refractivity contribution in [1.29, 1.82) is 0 Å². The molecule has 0 aliphatic rings. The van der Waals surface area contributed by atoms with E-state index in [1.165, 1.54) is 109 Å². The monoisotopic (exact) mass is 866 g/mol. The summed E-state index contributed by atoms with van der Waals surface area (Å²) in [5.41, 5.74) is 0. The van der Waals surface area contributed by atoms with E-state index >= 15 is 0 Å². The number of amides is 1. The molecule has 6 heteroatoms. The largest absolute Gasteiger partial charge is 0.462 e. The molecule has 0 saturated heterocycles. The van der Waals surface area contributed by atoms with Crippen LogP contribution in [0.3, 0.4) is 0 Å². The zero-order valence-corrected chi connectivity index (χ0v) is 40.7. The molecule has 3 atom stereocenters. The van der Waals surface area contributed by atoms with Gasteiger partial charge >= 0.3 is 5.97 Å². The van der Waals surface area contributed by atoms with Crippen molar-refractivity contribution >= 4 is 11.9 Å². The SMILES string of the molecule is CCCCC/C=C/C=C/C=C/C=C/CCCCCC(CC(=O)NC(CO)C(O)CCCCCCCCCCC)OC(=O)CCCCCCC/C=C/C=C/CCCCCCCCC. The minimum atomic E-state index is -0.803. The molecule has 0 aromatic carbocycles. The van der Waals surface area contributed by atoms with Gasteiger partial charge in [-0.3, -0.25) is 9.59 Å². The van der Waals surface area contributed by atoms with Crippen molar-refractivity contribution in [2.45, 2.75) is 264 Å². The van der Waals surface area contributed by atoms with Crippen molar-refractivity contribution in [3.8, 4) is 0 Å². The summed E-state index contributed by atoms with van der Waals surface area (Å²) in [6, 6.07) is -0.720. The maximum absolute atomic E-state index is 13.2. The number of aliphatic hydroxyl groups is 2. The minimum absolute atomic E-state index is 0.0426. The summed E-state index contributed by atoms with van der Waals surface area (Å²) in [5, 5.41) is 23.7. The van der Waals surface area contributed by atoms with Gasteiger partial charge in [0, 0.05) is 6.42 Å². The predicted molar refractivity (Wildman–Crippen MR) is 268 cm³/mol. The van der Waals surface area contributed by atoms with Crippen LogP contribution in [0.2, 0.25) is 0 Å². The van der Waals surface area contributed by atoms with Gasteiger partial charge in [0.1, 0.15) is 6.10 Å². The maximum Gasteiger partial charge on any atom is 0.306 e. The molecule has 0 aliphatic heterocycles. The maximum atomic E-state index is 13.2. The molecular weight excluding hydrogens is 767 g/mol. The second kappa shape index (κ2) is 49.3. The Morgan fingerprint density at radius 2 is 0.823 bits per heavy atom. The molecule has 0 fully saturated rings. The van der Waals surface area contributed by atoms with Crippen LogP contribution in [-0.4, -0.2) is 46.9 Å². The zero-order chi connectivity index (χ0) is 45.2. The Morgan fingerprint density at radius 3 is 1.31 bits per heavy atom. The molecule has 62 heavy (non-hydrogen) atoms. The molecule has 3 unspecified atom stereocenters. The highest BCUT2D eigenvalue weighted by molar-refractivity contribution is 5.77. The molecule has 1 amide bonds. The zero-order valence-electron chi connectivity index (χ0n) is 40.7. The first kappa shape index (κ1) is 59.3. The summed E-state index contributed by atoms with van der Waals surface area (Å²) < 4.78 is 5.91. The third-order valence-corrected chi connectivity index (χ3v) is 11.6. The molecule has 0 spiro atoms. The highest BCUT2D eigenvalue weighted by atomic mass is 16.5. The smallest absolute Gasteiger partial charge is 0.306 e. The number of hydrogen-bond acceptors (Lipinski definition) is 5. The molecule has 0 radical (unpaired) electrons. The van der Waals surface area contributed by atoms with Gasteiger partial charge < -0.3 is 20.3 Å². The van der Waals surface area contributed by atoms with E-state index < -0.39 is 18.2 Å². The Hall–Kier alpha value is -2.70. The van der Waals surface area contributed by atoms with Crippen LogP contribution >= 0.6 is 0 Å². The summed E-state index contributed by atoms with van der Waals surface area (Å²) in [5.74, 6) is -0.532. The van der Waals surface area contributed by atoms with Crippen LogP contribution in [0.1, 0.15) is 245 Å². The van der Waals surface area contributed by atoms with E-state index in [9.17, 15) is 19.8 Å². The average molecular weight is 866 g/mol. The summed E-state index contributed by atoms with van der Waals surface area (Å²) in [6.45, 7) is 6.40. The second-order valence-electron chi connectivity index (χ2n) is 17.7. The van der Waals surface area contributed by atoms with Gasteiger partial charge in [0.25, 0.3) is 0 Å². The van der Waals surface area contributed by atoms with Crippen LogP contribution in [0.25, 0.3) is 0 Å². The van der Waals surface area contributed by atoms with Crippen LogP contribution in [0, 0.1) is 0 Å². The van der Waals surface area contributed by atoms with Crippen molar-refractivity contribution in [1.82, 2.24) is 5.32 Å². The summed E-state index contributed by atoms with van der Waals surface area (Å²) >= 11 is 0. The number of carbonyl (C=O) groups is 2. The number of nitrogens with one attached hydrogen (secondary N) is 1. The fourth-order valence-corrected chi connectivity index (χ4v) is 7.61. The first-order valence-electron chi connectivity index (χ1n) is 26.2. The lowest BCUT2D eigenvalue weighted by atomic mass is 10.0. The minimum Gasteiger partial charge on any atom is -0.462 e. The van der Waals surface area contributed by atoms with E-state index in [1.807, 2.05) is 6.08 Å². The van der Waals surface area contributed by atoms with Crippen LogP contribution in [0.5, 0.6) is 0 Å². The molecule has 0 aliphatic carbocycles. The van der Waals surface area contributed by atoms with E-state index in [1.54, 1.807) is 0 Å². The molecule has 0 heterocycles. The van der Waals surface area contributed by atoms with Crippen molar-refractivity contribution in [3.63, 3.8) is 0 Å². The first-order chi connectivity index (χ1) is 30.5. The van der Waals surface area contributed by atoms with Gasteiger partial charge in [-0.2, -0.15) is 0 Å². The van der Waals surface area contributed by atoms with Crippen LogP contribution in [-0.2, 0) is 14.3 Å². The standard InChI is InChI=1S/C56H99NO5/c1-4-7-10-13-16-19-21-23-25-27-28-30-32-34-37-40-43-46-49-56(61)62-52(47-44-41-38-36-33-31-29-26-24-22-20-17-14-11-8-5-2)50-55(60)57-53(51-58)54(59)48-45-42-39-35-18-15-12-9-6-3/h17,20,22,24-31,33,52-54,58-59H,4-16,18-19,21,23,32,34-51H2,1-3H3,(H,57,60)/b20-17+,24-22+,27-25+,29-26+,30-28+,33-31+. The van der Waals surface area contributed by atoms with Gasteiger partial charge in [0.05, 0.1) is 25.2 Å². The number of allylic oxidation sites excluding steroid dienone is 12. The normalized spacial score (nSPS) is 13.8. The van der Waals surface area contributed by atoms with Gasteiger partial charge in [-0.1, -0.05) is 229 Å². The second-order valence-corrected chi connectivity index (χ2v) is 17.7. The van der Waals surface area contributed by atoms with Crippen molar-refractivity contribution in [3.05, 3.63) is 72.9 Å². The number of ether oxygens (including phenoxy) is 1. The summed E-state index contributed by atoms with van der Waals surface area (Å²) in [6.07, 6.45) is 62.5. The Morgan fingerprint density at radius 1 is 0.468 bits per heavy atom. The Labute approximate surface area is 383 Å². The number of hydrogen-bond donors (Lipinski definition) is 3. The molecule has 0 bridgehead atoms. The molecular formula is C56H99NO5. The Balaban J connectivity index is 4.68. The highest BCUT2D eigenvalue weighted by Crippen LogP contribution is 2.17. The molecule has 3 N–H and O–H groups in total. The van der Waals surface area contributed by atoms with E-state index in [0.29, 0.717) is 19.3 Å². The Kier molecular flexibility index (Phi) is 47.2. The fourth-order valence-electron chi connectivity index (χ4n) is 7.61. The van der Waals surface area contributed by atoms with Crippen LogP contribution < -0.4 is 5.32 Å². The third-order valence-electron chi connectivity index (χ3n) is 11.6. The highest BCUT2D eigenvalue weighted by Gasteiger charge is 2.24. The molecule has 0 saturated carbocycles. The van der Waals surface area contributed by atoms with E-state index in [2.05, 4.69) is 92.9 Å². The quantitative estimate of drug-likeness (QED) is 0.0322. The number of rotatable bonds is 46. The fraction of sp³-hybridized carbons (Fsp3) is 0.750. The number of aliphatic hydroxyl groups excluding tert-OH is 2. The lowest BCUT2D eigenvalue weighted by molar-refractivity contribution is -0.151. The summed E-state index contributed by atoms with van der Waals surface area (Å²) in [4.78, 5) is 26.1.